The summed E-state index contributed by atoms with van der Waals surface area (Å²) in [6.07, 6.45) is 2.53. The highest BCUT2D eigenvalue weighted by Gasteiger charge is 1.94. The second-order valence-corrected chi connectivity index (χ2v) is 4.37. The van der Waals surface area contributed by atoms with Gasteiger partial charge in [0.05, 0.1) is 0 Å². The van der Waals surface area contributed by atoms with Crippen LogP contribution >= 0.6 is 15.9 Å². The van der Waals surface area contributed by atoms with Gasteiger partial charge in [-0.25, -0.2) is 0 Å². The third-order valence-corrected chi connectivity index (χ3v) is 2.76. The molecule has 0 saturated heterocycles. The van der Waals surface area contributed by atoms with E-state index in [1.165, 1.54) is 23.9 Å². The number of halogens is 1. The molecule has 0 spiro atoms. The van der Waals surface area contributed by atoms with Gasteiger partial charge in [-0.05, 0) is 23.3 Å². The molecule has 0 amide bonds. The Hall–Kier alpha value is -1.94. The molecule has 1 heterocycles. The molecule has 0 N–H and O–H groups in total. The largest absolute Gasteiger partial charge is 0.431 e. The number of rotatable bonds is 1. The van der Waals surface area contributed by atoms with Gasteiger partial charge in [0.2, 0.25) is 12.8 Å². The fourth-order valence-electron chi connectivity index (χ4n) is 1.41. The second-order valence-electron chi connectivity index (χ2n) is 3.45. The highest BCUT2D eigenvalue weighted by Crippen LogP contribution is 2.20. The molecule has 0 aliphatic heterocycles. The van der Waals surface area contributed by atoms with E-state index in [1.54, 1.807) is 0 Å². The summed E-state index contributed by atoms with van der Waals surface area (Å²) in [6.45, 7) is 0. The zero-order valence-corrected chi connectivity index (χ0v) is 11.1. The van der Waals surface area contributed by atoms with Gasteiger partial charge < -0.3 is 4.42 Å². The summed E-state index contributed by atoms with van der Waals surface area (Å²) in [5, 5.41) is 6.61. The first kappa shape index (κ1) is 12.5. The molecule has 3 aromatic rings. The van der Waals surface area contributed by atoms with Crippen molar-refractivity contribution in [2.75, 3.05) is 0 Å². The van der Waals surface area contributed by atoms with Crippen LogP contribution in [-0.2, 0) is 0 Å². The maximum absolute atomic E-state index is 4.36. The summed E-state index contributed by atoms with van der Waals surface area (Å²) >= 11 is 3.42. The van der Waals surface area contributed by atoms with E-state index in [4.69, 9.17) is 0 Å². The molecule has 0 fully saturated rings. The molecule has 3 rings (SSSR count). The predicted octanol–water partition coefficient (Wildman–Crippen LogP) is 4.19. The van der Waals surface area contributed by atoms with Gasteiger partial charge in [-0.3, -0.25) is 0 Å². The second kappa shape index (κ2) is 6.71. The van der Waals surface area contributed by atoms with E-state index in [0.717, 1.165) is 4.47 Å². The van der Waals surface area contributed by atoms with Crippen molar-refractivity contribution in [3.8, 4) is 11.1 Å². The van der Waals surface area contributed by atoms with Gasteiger partial charge in [0.15, 0.2) is 0 Å². The van der Waals surface area contributed by atoms with Crippen molar-refractivity contribution in [2.45, 2.75) is 0 Å². The van der Waals surface area contributed by atoms with E-state index in [-0.39, 0.29) is 0 Å². The van der Waals surface area contributed by atoms with Crippen LogP contribution in [0.25, 0.3) is 11.1 Å². The molecule has 0 atom stereocenters. The summed E-state index contributed by atoms with van der Waals surface area (Å²) in [4.78, 5) is 0. The van der Waals surface area contributed by atoms with Crippen molar-refractivity contribution >= 4 is 15.9 Å². The van der Waals surface area contributed by atoms with Gasteiger partial charge in [0.1, 0.15) is 0 Å². The fourth-order valence-corrected chi connectivity index (χ4v) is 1.67. The Morgan fingerprint density at radius 3 is 1.78 bits per heavy atom. The molecule has 90 valence electrons. The van der Waals surface area contributed by atoms with Crippen molar-refractivity contribution in [3.63, 3.8) is 0 Å². The number of benzene rings is 2. The lowest BCUT2D eigenvalue weighted by Crippen LogP contribution is -1.75. The number of nitrogens with zero attached hydrogens (tertiary/aromatic N) is 2. The monoisotopic (exact) mass is 302 g/mol. The first-order valence-corrected chi connectivity index (χ1v) is 6.15. The minimum absolute atomic E-state index is 1.12. The van der Waals surface area contributed by atoms with Gasteiger partial charge in [-0.2, -0.15) is 0 Å². The lowest BCUT2D eigenvalue weighted by Gasteiger charge is -2.00. The molecule has 1 aromatic heterocycles. The van der Waals surface area contributed by atoms with Crippen LogP contribution < -0.4 is 0 Å². The lowest BCUT2D eigenvalue weighted by molar-refractivity contribution is 0.553. The number of hydrogen-bond donors (Lipinski definition) is 0. The van der Waals surface area contributed by atoms with Crippen LogP contribution in [-0.4, -0.2) is 10.2 Å². The molecule has 0 bridgehead atoms. The lowest BCUT2D eigenvalue weighted by atomic mass is 10.1. The molecule has 2 aromatic carbocycles. The van der Waals surface area contributed by atoms with E-state index in [1.807, 2.05) is 6.07 Å². The fraction of sp³-hybridized carbons (Fsp3) is 0. The Morgan fingerprint density at radius 1 is 0.722 bits per heavy atom. The van der Waals surface area contributed by atoms with Crippen molar-refractivity contribution < 1.29 is 4.42 Å². The van der Waals surface area contributed by atoms with E-state index in [9.17, 15) is 0 Å². The van der Waals surface area contributed by atoms with E-state index in [0.29, 0.717) is 0 Å². The molecule has 3 nitrogen and oxygen atoms in total. The average Bonchev–Trinajstić information content (AvgIpc) is 3.00. The topological polar surface area (TPSA) is 38.9 Å². The normalized spacial score (nSPS) is 9.39. The zero-order chi connectivity index (χ0) is 12.6. The van der Waals surface area contributed by atoms with Gasteiger partial charge in [-0.15, -0.1) is 10.2 Å². The first-order valence-electron chi connectivity index (χ1n) is 5.36. The van der Waals surface area contributed by atoms with Crippen LogP contribution in [0.2, 0.25) is 0 Å². The highest BCUT2D eigenvalue weighted by molar-refractivity contribution is 9.10. The van der Waals surface area contributed by atoms with Gasteiger partial charge >= 0.3 is 0 Å². The Bertz CT molecular complexity index is 533. The molecule has 4 heteroatoms. The minimum Gasteiger partial charge on any atom is -0.431 e. The van der Waals surface area contributed by atoms with Crippen molar-refractivity contribution in [3.05, 3.63) is 71.9 Å². The summed E-state index contributed by atoms with van der Waals surface area (Å²) in [7, 11) is 0. The quantitative estimate of drug-likeness (QED) is 0.677. The van der Waals surface area contributed by atoms with Gasteiger partial charge in [0.25, 0.3) is 0 Å². The molecule has 0 unspecified atom stereocenters. The Kier molecular flexibility index (Phi) is 4.67. The Morgan fingerprint density at radius 2 is 1.28 bits per heavy atom. The summed E-state index contributed by atoms with van der Waals surface area (Å²) in [5.41, 5.74) is 2.51. The maximum atomic E-state index is 4.36. The summed E-state index contributed by atoms with van der Waals surface area (Å²) in [5.74, 6) is 0. The number of aromatic nitrogens is 2. The van der Waals surface area contributed by atoms with Crippen molar-refractivity contribution in [1.29, 1.82) is 0 Å². The van der Waals surface area contributed by atoms with Gasteiger partial charge in [-0.1, -0.05) is 58.4 Å². The van der Waals surface area contributed by atoms with E-state index < -0.39 is 0 Å². The molecule has 0 radical (unpaired) electrons. The first-order chi connectivity index (χ1) is 8.86. The predicted molar refractivity (Wildman–Crippen MR) is 73.9 cm³/mol. The third-order valence-electron chi connectivity index (χ3n) is 2.23. The molecular formula is C14H11BrN2O. The van der Waals surface area contributed by atoms with Crippen LogP contribution in [0.3, 0.4) is 0 Å². The SMILES string of the molecule is Brc1ccc(-c2ccccc2)cc1.c1nnco1. The Labute approximate surface area is 114 Å². The van der Waals surface area contributed by atoms with Crippen LogP contribution in [0, 0.1) is 0 Å². The van der Waals surface area contributed by atoms with Crippen LogP contribution in [0.5, 0.6) is 0 Å². The maximum Gasteiger partial charge on any atom is 0.203 e. The zero-order valence-electron chi connectivity index (χ0n) is 9.53. The van der Waals surface area contributed by atoms with Gasteiger partial charge in [0, 0.05) is 4.47 Å². The van der Waals surface area contributed by atoms with Crippen LogP contribution in [0.4, 0.5) is 0 Å². The third kappa shape index (κ3) is 3.82. The average molecular weight is 303 g/mol. The molecule has 0 aliphatic carbocycles. The molecular weight excluding hydrogens is 292 g/mol. The van der Waals surface area contributed by atoms with Crippen LogP contribution in [0.1, 0.15) is 0 Å². The highest BCUT2D eigenvalue weighted by atomic mass is 79.9. The minimum atomic E-state index is 1.12. The van der Waals surface area contributed by atoms with E-state index in [2.05, 4.69) is 79.1 Å². The summed E-state index contributed by atoms with van der Waals surface area (Å²) < 4.78 is 5.48. The van der Waals surface area contributed by atoms with E-state index >= 15 is 0 Å². The summed E-state index contributed by atoms with van der Waals surface area (Å²) in [6, 6.07) is 18.7. The standard InChI is InChI=1S/C12H9Br.C2H2N2O/c13-12-8-6-11(7-9-12)10-4-2-1-3-5-10;1-3-4-2-5-1/h1-9H;1-2H. The number of hydrogen-bond acceptors (Lipinski definition) is 3. The van der Waals surface area contributed by atoms with Crippen LogP contribution in [0.15, 0.2) is 76.3 Å². The molecule has 0 saturated carbocycles. The molecule has 18 heavy (non-hydrogen) atoms. The smallest absolute Gasteiger partial charge is 0.203 e. The Balaban J connectivity index is 0.000000202. The van der Waals surface area contributed by atoms with Crippen molar-refractivity contribution in [2.24, 2.45) is 0 Å². The molecule has 0 aliphatic rings. The van der Waals surface area contributed by atoms with Crippen molar-refractivity contribution in [1.82, 2.24) is 10.2 Å².